The van der Waals surface area contributed by atoms with Crippen molar-refractivity contribution in [3.05, 3.63) is 64.7 Å². The first kappa shape index (κ1) is 20.2. The number of fused-ring (bicyclic) bond motifs is 1. The highest BCUT2D eigenvalue weighted by molar-refractivity contribution is 6.02. The molecule has 0 radical (unpaired) electrons. The third kappa shape index (κ3) is 4.56. The second-order valence-corrected chi connectivity index (χ2v) is 8.61. The first-order chi connectivity index (χ1) is 14.2. The average molecular weight is 392 g/mol. The molecule has 2 aromatic rings. The zero-order valence-corrected chi connectivity index (χ0v) is 17.8. The highest BCUT2D eigenvalue weighted by Gasteiger charge is 2.34. The predicted molar refractivity (Wildman–Crippen MR) is 118 cm³/mol. The van der Waals surface area contributed by atoms with Gasteiger partial charge in [0.15, 0.2) is 5.78 Å². The summed E-state index contributed by atoms with van der Waals surface area (Å²) in [7, 11) is 0. The minimum atomic E-state index is 0.164. The Kier molecular flexibility index (Phi) is 6.34. The van der Waals surface area contributed by atoms with Crippen LogP contribution in [0.1, 0.15) is 60.2 Å². The number of aryl methyl sites for hydroxylation is 1. The summed E-state index contributed by atoms with van der Waals surface area (Å²) in [5.74, 6) is 2.17. The van der Waals surface area contributed by atoms with Gasteiger partial charge in [0.1, 0.15) is 5.75 Å². The summed E-state index contributed by atoms with van der Waals surface area (Å²) in [6.45, 7) is 8.14. The van der Waals surface area contributed by atoms with E-state index in [4.69, 9.17) is 4.74 Å². The molecule has 2 aromatic carbocycles. The quantitative estimate of drug-likeness (QED) is 0.641. The number of nitrogens with zero attached hydrogens (tertiary/aromatic N) is 1. The van der Waals surface area contributed by atoms with Gasteiger partial charge in [-0.1, -0.05) is 37.3 Å². The number of piperidine rings is 1. The zero-order chi connectivity index (χ0) is 20.2. The van der Waals surface area contributed by atoms with Crippen molar-refractivity contribution >= 4 is 5.78 Å². The molecule has 3 nitrogen and oxygen atoms in total. The van der Waals surface area contributed by atoms with Crippen LogP contribution in [-0.2, 0) is 19.4 Å². The van der Waals surface area contributed by atoms with E-state index in [9.17, 15) is 4.79 Å². The first-order valence-corrected chi connectivity index (χ1v) is 11.3. The Hall–Kier alpha value is -2.13. The Balaban J connectivity index is 1.34. The van der Waals surface area contributed by atoms with Crippen LogP contribution in [0.5, 0.6) is 5.75 Å². The van der Waals surface area contributed by atoms with Gasteiger partial charge < -0.3 is 4.74 Å². The van der Waals surface area contributed by atoms with Gasteiger partial charge in [0.2, 0.25) is 0 Å². The predicted octanol–water partition coefficient (Wildman–Crippen LogP) is 5.31. The van der Waals surface area contributed by atoms with Gasteiger partial charge in [0.25, 0.3) is 0 Å². The molecule has 1 heterocycles. The van der Waals surface area contributed by atoms with E-state index in [0.717, 1.165) is 55.8 Å². The Morgan fingerprint density at radius 1 is 1.07 bits per heavy atom. The fourth-order valence-electron chi connectivity index (χ4n) is 5.02. The van der Waals surface area contributed by atoms with Crippen molar-refractivity contribution in [3.63, 3.8) is 0 Å². The summed E-state index contributed by atoms with van der Waals surface area (Å²) in [5.41, 5.74) is 4.71. The minimum absolute atomic E-state index is 0.164. The second kappa shape index (κ2) is 9.13. The van der Waals surface area contributed by atoms with E-state index in [0.29, 0.717) is 18.3 Å². The van der Waals surface area contributed by atoms with Crippen molar-refractivity contribution in [2.45, 2.75) is 52.5 Å². The fraction of sp³-hybridized carbons (Fsp3) is 0.500. The summed E-state index contributed by atoms with van der Waals surface area (Å²) in [6.07, 6.45) is 5.25. The molecule has 4 rings (SSSR count). The van der Waals surface area contributed by atoms with Gasteiger partial charge in [-0.15, -0.1) is 0 Å². The molecule has 1 atom stereocenters. The summed E-state index contributed by atoms with van der Waals surface area (Å²) in [4.78, 5) is 15.6. The fourth-order valence-corrected chi connectivity index (χ4v) is 5.02. The summed E-state index contributed by atoms with van der Waals surface area (Å²) in [6, 6.07) is 15.0. The van der Waals surface area contributed by atoms with Crippen molar-refractivity contribution in [2.24, 2.45) is 11.8 Å². The lowest BCUT2D eigenvalue weighted by Crippen LogP contribution is -2.34. The Morgan fingerprint density at radius 3 is 2.52 bits per heavy atom. The Bertz CT molecular complexity index is 837. The minimum Gasteiger partial charge on any atom is -0.494 e. The molecule has 1 unspecified atom stereocenters. The van der Waals surface area contributed by atoms with Gasteiger partial charge in [0.05, 0.1) is 6.61 Å². The zero-order valence-electron chi connectivity index (χ0n) is 17.8. The molecule has 0 saturated carbocycles. The van der Waals surface area contributed by atoms with Crippen LogP contribution in [-0.4, -0.2) is 30.4 Å². The maximum atomic E-state index is 13.1. The van der Waals surface area contributed by atoms with Crippen LogP contribution in [0.25, 0.3) is 0 Å². The molecule has 1 aliphatic heterocycles. The molecule has 154 valence electrons. The number of benzene rings is 2. The molecule has 0 bridgehead atoms. The number of ether oxygens (including phenoxy) is 1. The van der Waals surface area contributed by atoms with Crippen molar-refractivity contribution < 1.29 is 9.53 Å². The highest BCUT2D eigenvalue weighted by atomic mass is 16.5. The summed E-state index contributed by atoms with van der Waals surface area (Å²) in [5, 5.41) is 0. The molecule has 2 aliphatic rings. The number of ketones is 1. The maximum Gasteiger partial charge on any atom is 0.166 e. The number of rotatable bonds is 7. The van der Waals surface area contributed by atoms with Crippen LogP contribution in [0.4, 0.5) is 0 Å². The van der Waals surface area contributed by atoms with Gasteiger partial charge >= 0.3 is 0 Å². The maximum absolute atomic E-state index is 13.1. The number of carbonyl (C=O) groups excluding carboxylic acids is 1. The lowest BCUT2D eigenvalue weighted by atomic mass is 9.85. The van der Waals surface area contributed by atoms with E-state index >= 15 is 0 Å². The molecular formula is C26H33NO2. The van der Waals surface area contributed by atoms with Crippen LogP contribution >= 0.6 is 0 Å². The third-order valence-corrected chi connectivity index (χ3v) is 6.64. The average Bonchev–Trinajstić information content (AvgIpc) is 3.04. The van der Waals surface area contributed by atoms with Crippen molar-refractivity contribution in [1.82, 2.24) is 4.90 Å². The van der Waals surface area contributed by atoms with E-state index in [1.54, 1.807) is 0 Å². The van der Waals surface area contributed by atoms with E-state index in [1.165, 1.54) is 24.0 Å². The summed E-state index contributed by atoms with van der Waals surface area (Å²) >= 11 is 0. The van der Waals surface area contributed by atoms with Crippen LogP contribution in [0, 0.1) is 11.8 Å². The Morgan fingerprint density at radius 2 is 1.83 bits per heavy atom. The standard InChI is InChI=1S/C26H33NO2/c1-3-21-16-24-22(17-25(21)29-4-2)15-23(26(24)28)14-19-10-12-27(13-11-19)18-20-8-6-5-7-9-20/h5-9,16-17,19,23H,3-4,10-15,18H2,1-2H3. The van der Waals surface area contributed by atoms with Crippen LogP contribution in [0.2, 0.25) is 0 Å². The van der Waals surface area contributed by atoms with Crippen molar-refractivity contribution in [1.29, 1.82) is 0 Å². The van der Waals surface area contributed by atoms with Gasteiger partial charge in [-0.25, -0.2) is 0 Å². The van der Waals surface area contributed by atoms with Crippen LogP contribution in [0.15, 0.2) is 42.5 Å². The largest absolute Gasteiger partial charge is 0.494 e. The molecular weight excluding hydrogens is 358 g/mol. The van der Waals surface area contributed by atoms with E-state index in [-0.39, 0.29) is 5.92 Å². The summed E-state index contributed by atoms with van der Waals surface area (Å²) < 4.78 is 5.82. The highest BCUT2D eigenvalue weighted by Crippen LogP contribution is 2.37. The third-order valence-electron chi connectivity index (χ3n) is 6.64. The van der Waals surface area contributed by atoms with Crippen LogP contribution in [0.3, 0.4) is 0 Å². The van der Waals surface area contributed by atoms with Crippen LogP contribution < -0.4 is 4.74 Å². The normalized spacial score (nSPS) is 20.1. The molecule has 0 spiro atoms. The van der Waals surface area contributed by atoms with Gasteiger partial charge in [-0.2, -0.15) is 0 Å². The monoisotopic (exact) mass is 391 g/mol. The van der Waals surface area contributed by atoms with Gasteiger partial charge in [-0.3, -0.25) is 9.69 Å². The lowest BCUT2D eigenvalue weighted by molar-refractivity contribution is 0.0895. The van der Waals surface area contributed by atoms with E-state index < -0.39 is 0 Å². The topological polar surface area (TPSA) is 29.5 Å². The number of Topliss-reactive ketones (excluding diaryl/α,β-unsaturated/α-hetero) is 1. The molecule has 0 N–H and O–H groups in total. The van der Waals surface area contributed by atoms with Crippen molar-refractivity contribution in [3.8, 4) is 5.75 Å². The number of carbonyl (C=O) groups is 1. The molecule has 0 aromatic heterocycles. The molecule has 1 saturated heterocycles. The molecule has 0 amide bonds. The van der Waals surface area contributed by atoms with E-state index in [1.807, 2.05) is 6.92 Å². The number of hydrogen-bond acceptors (Lipinski definition) is 3. The van der Waals surface area contributed by atoms with Crippen molar-refractivity contribution in [2.75, 3.05) is 19.7 Å². The van der Waals surface area contributed by atoms with Gasteiger partial charge in [0, 0.05) is 18.0 Å². The molecule has 3 heteroatoms. The SMILES string of the molecule is CCOc1cc2c(cc1CC)C(=O)C(CC1CCN(Cc3ccccc3)CC1)C2. The van der Waals surface area contributed by atoms with Gasteiger partial charge in [-0.05, 0) is 86.9 Å². The molecule has 1 fully saturated rings. The lowest BCUT2D eigenvalue weighted by Gasteiger charge is -2.32. The molecule has 1 aliphatic carbocycles. The number of likely N-dealkylation sites (tertiary alicyclic amines) is 1. The first-order valence-electron chi connectivity index (χ1n) is 11.3. The Labute approximate surface area is 175 Å². The smallest absolute Gasteiger partial charge is 0.166 e. The number of hydrogen-bond donors (Lipinski definition) is 0. The second-order valence-electron chi connectivity index (χ2n) is 8.61. The molecule has 29 heavy (non-hydrogen) atoms. The van der Waals surface area contributed by atoms with E-state index in [2.05, 4.69) is 54.3 Å².